The van der Waals surface area contributed by atoms with Gasteiger partial charge in [0.2, 0.25) is 0 Å². The van der Waals surface area contributed by atoms with Crippen LogP contribution >= 0.6 is 31.9 Å². The van der Waals surface area contributed by atoms with Crippen LogP contribution in [0.5, 0.6) is 0 Å². The zero-order chi connectivity index (χ0) is 16.4. The van der Waals surface area contributed by atoms with E-state index in [0.29, 0.717) is 0 Å². The monoisotopic (exact) mass is 443 g/mol. The van der Waals surface area contributed by atoms with Crippen LogP contribution < -0.4 is 5.32 Å². The van der Waals surface area contributed by atoms with Gasteiger partial charge in [-0.25, -0.2) is 0 Å². The topological polar surface area (TPSA) is 80.3 Å². The lowest BCUT2D eigenvalue weighted by molar-refractivity contribution is -0.121. The molecule has 0 aliphatic rings. The van der Waals surface area contributed by atoms with E-state index < -0.39 is 30.3 Å². The Balaban J connectivity index is 3.03. The summed E-state index contributed by atoms with van der Waals surface area (Å²) in [6.45, 7) is 3.00. The molecule has 0 unspecified atom stereocenters. The lowest BCUT2D eigenvalue weighted by atomic mass is 10.00. The molecule has 0 aliphatic carbocycles. The standard InChI is InChI=1S/C12H12Br2FNO4S/c1-12(2,9(17)10(13)14)16-11(18)7-4-3-5-8(6-7)21(15,19)20/h3-6,10H,1-2H3,(H,16,18). The summed E-state index contributed by atoms with van der Waals surface area (Å²) in [5.41, 5.74) is -1.26. The van der Waals surface area contributed by atoms with E-state index in [-0.39, 0.29) is 11.3 Å². The van der Waals surface area contributed by atoms with Crippen molar-refractivity contribution in [2.75, 3.05) is 0 Å². The number of amides is 1. The predicted molar refractivity (Wildman–Crippen MR) is 82.9 cm³/mol. The van der Waals surface area contributed by atoms with Crippen LogP contribution in [0.1, 0.15) is 24.2 Å². The molecule has 0 aliphatic heterocycles. The van der Waals surface area contributed by atoms with Crippen molar-refractivity contribution in [2.24, 2.45) is 0 Å². The molecule has 0 fully saturated rings. The van der Waals surface area contributed by atoms with E-state index in [1.807, 2.05) is 0 Å². The molecule has 1 aromatic rings. The lowest BCUT2D eigenvalue weighted by Gasteiger charge is -2.25. The molecule has 21 heavy (non-hydrogen) atoms. The van der Waals surface area contributed by atoms with E-state index in [1.165, 1.54) is 26.0 Å². The van der Waals surface area contributed by atoms with Crippen LogP contribution in [-0.4, -0.2) is 29.4 Å². The van der Waals surface area contributed by atoms with Crippen molar-refractivity contribution in [3.63, 3.8) is 0 Å². The number of carbonyl (C=O) groups excluding carboxylic acids is 2. The first-order chi connectivity index (χ1) is 9.45. The Morgan fingerprint density at radius 2 is 1.86 bits per heavy atom. The number of hydrogen-bond donors (Lipinski definition) is 1. The van der Waals surface area contributed by atoms with Gasteiger partial charge in [-0.2, -0.15) is 8.42 Å². The Morgan fingerprint density at radius 1 is 1.29 bits per heavy atom. The quantitative estimate of drug-likeness (QED) is 0.559. The third-order valence-corrected chi connectivity index (χ3v) is 4.27. The lowest BCUT2D eigenvalue weighted by Crippen LogP contribution is -2.51. The first-order valence-corrected chi connectivity index (χ1v) is 8.86. The highest BCUT2D eigenvalue weighted by molar-refractivity contribution is 9.25. The minimum Gasteiger partial charge on any atom is -0.340 e. The zero-order valence-electron chi connectivity index (χ0n) is 11.1. The minimum atomic E-state index is -4.89. The fourth-order valence-electron chi connectivity index (χ4n) is 1.48. The number of alkyl halides is 2. The third kappa shape index (κ3) is 4.86. The van der Waals surface area contributed by atoms with Gasteiger partial charge in [0.15, 0.2) is 5.78 Å². The van der Waals surface area contributed by atoms with Crippen LogP contribution in [0.3, 0.4) is 0 Å². The second kappa shape index (κ2) is 6.53. The summed E-state index contributed by atoms with van der Waals surface area (Å²) in [5, 5.41) is 2.47. The Labute approximate surface area is 138 Å². The van der Waals surface area contributed by atoms with Gasteiger partial charge in [-0.1, -0.05) is 37.9 Å². The first kappa shape index (κ1) is 18.2. The molecule has 9 heteroatoms. The third-order valence-electron chi connectivity index (χ3n) is 2.62. The van der Waals surface area contributed by atoms with Crippen molar-refractivity contribution < 1.29 is 21.9 Å². The van der Waals surface area contributed by atoms with Crippen molar-refractivity contribution in [3.05, 3.63) is 29.8 Å². The van der Waals surface area contributed by atoms with E-state index >= 15 is 0 Å². The highest BCUT2D eigenvalue weighted by atomic mass is 79.9. The molecular formula is C12H12Br2FNO4S. The van der Waals surface area contributed by atoms with E-state index in [0.717, 1.165) is 12.1 Å². The maximum absolute atomic E-state index is 12.9. The highest BCUT2D eigenvalue weighted by Gasteiger charge is 2.33. The molecule has 1 amide bonds. The second-order valence-electron chi connectivity index (χ2n) is 4.71. The molecule has 0 radical (unpaired) electrons. The van der Waals surface area contributed by atoms with Gasteiger partial charge < -0.3 is 5.32 Å². The van der Waals surface area contributed by atoms with Crippen LogP contribution in [0.25, 0.3) is 0 Å². The molecule has 0 bridgehead atoms. The summed E-state index contributed by atoms with van der Waals surface area (Å²) in [7, 11) is -4.89. The van der Waals surface area contributed by atoms with Gasteiger partial charge in [-0.05, 0) is 32.0 Å². The van der Waals surface area contributed by atoms with Crippen molar-refractivity contribution in [3.8, 4) is 0 Å². The van der Waals surface area contributed by atoms with Crippen molar-refractivity contribution in [1.82, 2.24) is 5.32 Å². The van der Waals surface area contributed by atoms with Gasteiger partial charge in [-0.3, -0.25) is 9.59 Å². The Bertz CT molecular complexity index is 674. The van der Waals surface area contributed by atoms with Crippen LogP contribution in [0, 0.1) is 0 Å². The molecule has 1 aromatic carbocycles. The Hall–Kier alpha value is -0.800. The molecule has 0 atom stereocenters. The average molecular weight is 445 g/mol. The average Bonchev–Trinajstić information content (AvgIpc) is 2.36. The number of nitrogens with one attached hydrogen (secondary N) is 1. The summed E-state index contributed by atoms with van der Waals surface area (Å²) in [5.74, 6) is -1.01. The highest BCUT2D eigenvalue weighted by Crippen LogP contribution is 2.19. The summed E-state index contributed by atoms with van der Waals surface area (Å²) < 4.78 is 33.9. The molecule has 0 saturated heterocycles. The molecule has 1 N–H and O–H groups in total. The summed E-state index contributed by atoms with van der Waals surface area (Å²) in [6.07, 6.45) is 0. The largest absolute Gasteiger partial charge is 0.340 e. The Morgan fingerprint density at radius 3 is 2.33 bits per heavy atom. The number of ketones is 1. The van der Waals surface area contributed by atoms with Gasteiger partial charge >= 0.3 is 10.2 Å². The zero-order valence-corrected chi connectivity index (χ0v) is 15.1. The number of Topliss-reactive ketones (excluding diaryl/α,β-unsaturated/α-hetero) is 1. The SMILES string of the molecule is CC(C)(NC(=O)c1cccc(S(=O)(=O)F)c1)C(=O)C(Br)Br. The van der Waals surface area contributed by atoms with Crippen molar-refractivity contribution in [2.45, 2.75) is 28.0 Å². The molecule has 0 saturated carbocycles. The maximum atomic E-state index is 12.9. The van der Waals surface area contributed by atoms with Gasteiger partial charge in [0.25, 0.3) is 5.91 Å². The molecule has 116 valence electrons. The number of halogens is 3. The number of carbonyl (C=O) groups is 2. The van der Waals surface area contributed by atoms with Crippen molar-refractivity contribution in [1.29, 1.82) is 0 Å². The fraction of sp³-hybridized carbons (Fsp3) is 0.333. The summed E-state index contributed by atoms with van der Waals surface area (Å²) in [4.78, 5) is 23.3. The maximum Gasteiger partial charge on any atom is 0.332 e. The van der Waals surface area contributed by atoms with E-state index in [4.69, 9.17) is 0 Å². The van der Waals surface area contributed by atoms with Gasteiger partial charge in [-0.15, -0.1) is 3.89 Å². The predicted octanol–water partition coefficient (Wildman–Crippen LogP) is 2.54. The van der Waals surface area contributed by atoms with E-state index in [2.05, 4.69) is 37.2 Å². The molecule has 5 nitrogen and oxygen atoms in total. The fourth-order valence-corrected chi connectivity index (χ4v) is 3.13. The van der Waals surface area contributed by atoms with Crippen LogP contribution in [0.4, 0.5) is 3.89 Å². The number of benzene rings is 1. The Kier molecular flexibility index (Phi) is 5.68. The normalized spacial score (nSPS) is 12.3. The number of rotatable bonds is 5. The molecular weight excluding hydrogens is 433 g/mol. The van der Waals surface area contributed by atoms with Crippen LogP contribution in [0.2, 0.25) is 0 Å². The second-order valence-corrected chi connectivity index (χ2v) is 9.12. The molecule has 0 spiro atoms. The molecule has 1 rings (SSSR count). The van der Waals surface area contributed by atoms with Gasteiger partial charge in [0, 0.05) is 5.56 Å². The smallest absolute Gasteiger partial charge is 0.332 e. The molecule has 0 heterocycles. The van der Waals surface area contributed by atoms with Crippen molar-refractivity contribution >= 4 is 53.8 Å². The van der Waals surface area contributed by atoms with E-state index in [9.17, 15) is 21.9 Å². The molecule has 0 aromatic heterocycles. The van der Waals surface area contributed by atoms with E-state index in [1.54, 1.807) is 0 Å². The van der Waals surface area contributed by atoms with Crippen LogP contribution in [0.15, 0.2) is 29.2 Å². The van der Waals surface area contributed by atoms with Gasteiger partial charge in [0.1, 0.15) is 3.74 Å². The summed E-state index contributed by atoms with van der Waals surface area (Å²) in [6, 6.07) is 4.51. The number of hydrogen-bond acceptors (Lipinski definition) is 4. The minimum absolute atomic E-state index is 0.0599. The first-order valence-electron chi connectivity index (χ1n) is 5.65. The van der Waals surface area contributed by atoms with Crippen LogP contribution in [-0.2, 0) is 15.0 Å². The van der Waals surface area contributed by atoms with Gasteiger partial charge in [0.05, 0.1) is 10.4 Å². The summed E-state index contributed by atoms with van der Waals surface area (Å²) >= 11 is 6.09.